The zero-order chi connectivity index (χ0) is 11.3. The minimum absolute atomic E-state index is 0.0217. The predicted molar refractivity (Wildman–Crippen MR) is 60.2 cm³/mol. The molecule has 4 nitrogen and oxygen atoms in total. The van der Waals surface area contributed by atoms with E-state index in [1.807, 2.05) is 12.2 Å². The van der Waals surface area contributed by atoms with Crippen LogP contribution in [0, 0.1) is 0 Å². The lowest BCUT2D eigenvalue weighted by Crippen LogP contribution is -2.38. The number of ether oxygens (including phenoxy) is 1. The Kier molecular flexibility index (Phi) is 4.76. The Morgan fingerprint density at radius 3 is 2.87 bits per heavy atom. The van der Waals surface area contributed by atoms with Crippen molar-refractivity contribution in [3.05, 3.63) is 12.2 Å². The molecule has 0 amide bonds. The summed E-state index contributed by atoms with van der Waals surface area (Å²) in [7, 11) is -1.70. The minimum atomic E-state index is -3.22. The van der Waals surface area contributed by atoms with Crippen molar-refractivity contribution in [2.45, 2.75) is 38.3 Å². The van der Waals surface area contributed by atoms with Crippen LogP contribution < -0.4 is 4.72 Å². The van der Waals surface area contributed by atoms with Gasteiger partial charge in [-0.1, -0.05) is 12.2 Å². The van der Waals surface area contributed by atoms with Crippen LogP contribution in [-0.2, 0) is 14.8 Å². The van der Waals surface area contributed by atoms with Gasteiger partial charge in [-0.25, -0.2) is 13.1 Å². The van der Waals surface area contributed by atoms with Crippen LogP contribution in [0.15, 0.2) is 12.2 Å². The van der Waals surface area contributed by atoms with Gasteiger partial charge in [-0.05, 0) is 26.2 Å². The first-order valence-corrected chi connectivity index (χ1v) is 6.88. The fraction of sp³-hybridized carbons (Fsp3) is 0.800. The van der Waals surface area contributed by atoms with Gasteiger partial charge in [0.15, 0.2) is 0 Å². The number of allylic oxidation sites excluding steroid dienone is 1. The predicted octanol–water partition coefficient (Wildman–Crippen LogP) is 1.05. The smallest absolute Gasteiger partial charge is 0.214 e. The summed E-state index contributed by atoms with van der Waals surface area (Å²) in [6.07, 6.45) is 6.66. The molecule has 0 aromatic heterocycles. The van der Waals surface area contributed by atoms with Crippen LogP contribution in [0.1, 0.15) is 26.2 Å². The fourth-order valence-corrected chi connectivity index (χ4v) is 3.07. The second-order valence-corrected chi connectivity index (χ2v) is 5.71. The number of hydrogen-bond acceptors (Lipinski definition) is 3. The Hall–Kier alpha value is -0.390. The quantitative estimate of drug-likeness (QED) is 0.722. The van der Waals surface area contributed by atoms with Crippen molar-refractivity contribution in [2.75, 3.05) is 12.9 Å². The summed E-state index contributed by atoms with van der Waals surface area (Å²) in [5.74, 6) is 0.0217. The summed E-state index contributed by atoms with van der Waals surface area (Å²) in [4.78, 5) is 0. The Bertz CT molecular complexity index is 311. The highest BCUT2D eigenvalue weighted by Gasteiger charge is 2.19. The third-order valence-corrected chi connectivity index (χ3v) is 4.01. The van der Waals surface area contributed by atoms with E-state index in [1.54, 1.807) is 6.92 Å². The highest BCUT2D eigenvalue weighted by molar-refractivity contribution is 7.89. The zero-order valence-electron chi connectivity index (χ0n) is 9.27. The Balaban J connectivity index is 2.48. The molecule has 0 heterocycles. The van der Waals surface area contributed by atoms with Crippen molar-refractivity contribution >= 4 is 10.0 Å². The van der Waals surface area contributed by atoms with Crippen molar-refractivity contribution in [2.24, 2.45) is 0 Å². The molecule has 1 aliphatic rings. The molecule has 2 unspecified atom stereocenters. The van der Waals surface area contributed by atoms with E-state index in [0.29, 0.717) is 0 Å². The maximum absolute atomic E-state index is 11.6. The van der Waals surface area contributed by atoms with E-state index < -0.39 is 10.0 Å². The molecular formula is C10H19NO3S. The molecule has 5 heteroatoms. The fourth-order valence-electron chi connectivity index (χ4n) is 1.57. The Morgan fingerprint density at radius 1 is 1.60 bits per heavy atom. The monoisotopic (exact) mass is 233 g/mol. The number of hydrogen-bond donors (Lipinski definition) is 1. The number of rotatable bonds is 5. The molecule has 0 saturated heterocycles. The lowest BCUT2D eigenvalue weighted by molar-refractivity contribution is 0.136. The van der Waals surface area contributed by atoms with Crippen LogP contribution >= 0.6 is 0 Å². The largest absolute Gasteiger partial charge is 0.381 e. The van der Waals surface area contributed by atoms with Crippen molar-refractivity contribution in [1.82, 2.24) is 4.72 Å². The first kappa shape index (κ1) is 12.7. The number of methoxy groups -OCH3 is 1. The number of sulfonamides is 1. The molecule has 0 spiro atoms. The molecule has 1 rings (SSSR count). The van der Waals surface area contributed by atoms with Crippen LogP contribution in [0.5, 0.6) is 0 Å². The van der Waals surface area contributed by atoms with E-state index in [0.717, 1.165) is 19.3 Å². The van der Waals surface area contributed by atoms with Gasteiger partial charge in [0, 0.05) is 13.2 Å². The molecule has 88 valence electrons. The molecule has 0 aromatic carbocycles. The van der Waals surface area contributed by atoms with Crippen molar-refractivity contribution in [1.29, 1.82) is 0 Å². The lowest BCUT2D eigenvalue weighted by Gasteiger charge is -2.19. The van der Waals surface area contributed by atoms with E-state index in [1.165, 1.54) is 7.11 Å². The first-order chi connectivity index (χ1) is 7.03. The summed E-state index contributed by atoms with van der Waals surface area (Å²) < 4.78 is 30.9. The van der Waals surface area contributed by atoms with Gasteiger partial charge in [-0.2, -0.15) is 0 Å². The standard InChI is InChI=1S/C10H19NO3S/c1-9(14-2)8-15(12,13)11-10-6-4-3-5-7-10/h4,6,9-11H,3,5,7-8H2,1-2H3. The first-order valence-electron chi connectivity index (χ1n) is 5.23. The van der Waals surface area contributed by atoms with Crippen LogP contribution in [0.3, 0.4) is 0 Å². The zero-order valence-corrected chi connectivity index (χ0v) is 10.1. The van der Waals surface area contributed by atoms with E-state index in [4.69, 9.17) is 4.74 Å². The second-order valence-electron chi connectivity index (χ2n) is 3.91. The van der Waals surface area contributed by atoms with Gasteiger partial charge >= 0.3 is 0 Å². The van der Waals surface area contributed by atoms with Gasteiger partial charge in [0.1, 0.15) is 0 Å². The van der Waals surface area contributed by atoms with Crippen molar-refractivity contribution in [3.63, 3.8) is 0 Å². The Labute approximate surface area is 91.8 Å². The van der Waals surface area contributed by atoms with E-state index >= 15 is 0 Å². The molecule has 0 fully saturated rings. The summed E-state index contributed by atoms with van der Waals surface area (Å²) in [6.45, 7) is 1.75. The van der Waals surface area contributed by atoms with E-state index in [2.05, 4.69) is 4.72 Å². The van der Waals surface area contributed by atoms with E-state index in [-0.39, 0.29) is 17.9 Å². The summed E-state index contributed by atoms with van der Waals surface area (Å²) in [5.41, 5.74) is 0. The molecule has 1 N–H and O–H groups in total. The molecule has 0 aromatic rings. The van der Waals surface area contributed by atoms with Crippen LogP contribution in [-0.4, -0.2) is 33.4 Å². The van der Waals surface area contributed by atoms with Crippen molar-refractivity contribution in [3.8, 4) is 0 Å². The molecule has 0 radical (unpaired) electrons. The van der Waals surface area contributed by atoms with Crippen LogP contribution in [0.25, 0.3) is 0 Å². The van der Waals surface area contributed by atoms with Crippen molar-refractivity contribution < 1.29 is 13.2 Å². The SMILES string of the molecule is COC(C)CS(=O)(=O)NC1C=CCCC1. The topological polar surface area (TPSA) is 55.4 Å². The van der Waals surface area contributed by atoms with Gasteiger partial charge in [-0.15, -0.1) is 0 Å². The third kappa shape index (κ3) is 4.77. The Morgan fingerprint density at radius 2 is 2.33 bits per heavy atom. The average Bonchev–Trinajstić information content (AvgIpc) is 2.17. The number of nitrogens with one attached hydrogen (secondary N) is 1. The summed E-state index contributed by atoms with van der Waals surface area (Å²) in [5, 5.41) is 0. The van der Waals surface area contributed by atoms with Gasteiger partial charge in [0.25, 0.3) is 0 Å². The summed E-state index contributed by atoms with van der Waals surface area (Å²) >= 11 is 0. The maximum Gasteiger partial charge on any atom is 0.214 e. The molecule has 15 heavy (non-hydrogen) atoms. The average molecular weight is 233 g/mol. The maximum atomic E-state index is 11.6. The van der Waals surface area contributed by atoms with Gasteiger partial charge < -0.3 is 4.74 Å². The lowest BCUT2D eigenvalue weighted by atomic mass is 10.0. The summed E-state index contributed by atoms with van der Waals surface area (Å²) in [6, 6.07) is -0.0344. The van der Waals surface area contributed by atoms with Gasteiger partial charge in [0.2, 0.25) is 10.0 Å². The molecule has 1 aliphatic carbocycles. The minimum Gasteiger partial charge on any atom is -0.381 e. The highest BCUT2D eigenvalue weighted by atomic mass is 32.2. The van der Waals surface area contributed by atoms with Crippen LogP contribution in [0.2, 0.25) is 0 Å². The normalized spacial score (nSPS) is 24.0. The second kappa shape index (κ2) is 5.63. The molecule has 0 saturated carbocycles. The molecular weight excluding hydrogens is 214 g/mol. The van der Waals surface area contributed by atoms with Gasteiger partial charge in [-0.3, -0.25) is 0 Å². The molecule has 2 atom stereocenters. The van der Waals surface area contributed by atoms with Crippen LogP contribution in [0.4, 0.5) is 0 Å². The highest BCUT2D eigenvalue weighted by Crippen LogP contribution is 2.11. The van der Waals surface area contributed by atoms with E-state index in [9.17, 15) is 8.42 Å². The molecule has 0 bridgehead atoms. The van der Waals surface area contributed by atoms with Gasteiger partial charge in [0.05, 0.1) is 11.9 Å². The molecule has 0 aliphatic heterocycles. The third-order valence-electron chi connectivity index (χ3n) is 2.44.